The molecule has 5 heteroatoms. The van der Waals surface area contributed by atoms with E-state index in [1.807, 2.05) is 6.07 Å². The molecule has 0 unspecified atom stereocenters. The van der Waals surface area contributed by atoms with Crippen LogP contribution in [-0.2, 0) is 6.54 Å². The number of benzene rings is 1. The quantitative estimate of drug-likeness (QED) is 0.856. The molecule has 0 radical (unpaired) electrons. The third kappa shape index (κ3) is 2.58. The number of nitrogens with zero attached hydrogens (tertiary/aromatic N) is 2. The molecule has 96 valence electrons. The fourth-order valence-electron chi connectivity index (χ4n) is 1.68. The lowest BCUT2D eigenvalue weighted by molar-refractivity contribution is 0.437. The van der Waals surface area contributed by atoms with Gasteiger partial charge in [0.2, 0.25) is 5.88 Å². The summed E-state index contributed by atoms with van der Waals surface area (Å²) in [7, 11) is 0. The van der Waals surface area contributed by atoms with Gasteiger partial charge in [0.25, 0.3) is 0 Å². The van der Waals surface area contributed by atoms with Crippen molar-refractivity contribution in [3.8, 4) is 17.7 Å². The zero-order chi connectivity index (χ0) is 13.8. The third-order valence-electron chi connectivity index (χ3n) is 2.53. The van der Waals surface area contributed by atoms with Gasteiger partial charge in [0.1, 0.15) is 23.3 Å². The Bertz CT molecular complexity index is 638. The van der Waals surface area contributed by atoms with Gasteiger partial charge in [-0.2, -0.15) is 5.26 Å². The van der Waals surface area contributed by atoms with Crippen LogP contribution < -0.4 is 10.5 Å². The Morgan fingerprint density at radius 2 is 2.11 bits per heavy atom. The van der Waals surface area contributed by atoms with Gasteiger partial charge in [-0.05, 0) is 24.3 Å². The predicted molar refractivity (Wildman–Crippen MR) is 70.2 cm³/mol. The molecule has 0 fully saturated rings. The number of rotatable bonds is 4. The van der Waals surface area contributed by atoms with E-state index in [1.54, 1.807) is 10.6 Å². The van der Waals surface area contributed by atoms with E-state index < -0.39 is 0 Å². The summed E-state index contributed by atoms with van der Waals surface area (Å²) in [5.74, 6) is 0.448. The monoisotopic (exact) mass is 257 g/mol. The average molecular weight is 257 g/mol. The second-order valence-electron chi connectivity index (χ2n) is 3.86. The van der Waals surface area contributed by atoms with E-state index in [0.717, 1.165) is 0 Å². The van der Waals surface area contributed by atoms with Gasteiger partial charge in [-0.25, -0.2) is 4.39 Å². The minimum absolute atomic E-state index is 0.348. The lowest BCUT2D eigenvalue weighted by atomic mass is 10.3. The summed E-state index contributed by atoms with van der Waals surface area (Å²) in [6, 6.07) is 9.12. The molecule has 1 heterocycles. The maximum atomic E-state index is 12.8. The first-order valence-corrected chi connectivity index (χ1v) is 5.59. The minimum atomic E-state index is -0.348. The SMILES string of the molecule is C=CCn1c(C#N)cc(N)c1Oc1ccc(F)cc1. The van der Waals surface area contributed by atoms with Gasteiger partial charge in [0.15, 0.2) is 0 Å². The van der Waals surface area contributed by atoms with E-state index in [9.17, 15) is 4.39 Å². The summed E-state index contributed by atoms with van der Waals surface area (Å²) >= 11 is 0. The number of nitrogen functional groups attached to an aromatic ring is 1. The number of ether oxygens (including phenoxy) is 1. The largest absolute Gasteiger partial charge is 0.439 e. The summed E-state index contributed by atoms with van der Waals surface area (Å²) in [5.41, 5.74) is 6.55. The van der Waals surface area contributed by atoms with Crippen molar-refractivity contribution in [3.63, 3.8) is 0 Å². The molecule has 2 aromatic rings. The molecular weight excluding hydrogens is 245 g/mol. The fraction of sp³-hybridized carbons (Fsp3) is 0.0714. The number of halogens is 1. The van der Waals surface area contributed by atoms with Crippen LogP contribution in [0.5, 0.6) is 11.6 Å². The van der Waals surface area contributed by atoms with Gasteiger partial charge in [-0.3, -0.25) is 4.57 Å². The van der Waals surface area contributed by atoms with E-state index in [1.165, 1.54) is 30.3 Å². The fourth-order valence-corrected chi connectivity index (χ4v) is 1.68. The van der Waals surface area contributed by atoms with E-state index in [-0.39, 0.29) is 5.82 Å². The molecule has 2 N–H and O–H groups in total. The van der Waals surface area contributed by atoms with Crippen LogP contribution in [-0.4, -0.2) is 4.57 Å². The highest BCUT2D eigenvalue weighted by molar-refractivity contribution is 5.56. The van der Waals surface area contributed by atoms with Crippen LogP contribution in [0.15, 0.2) is 43.0 Å². The second kappa shape index (κ2) is 5.27. The number of hydrogen-bond donors (Lipinski definition) is 1. The van der Waals surface area contributed by atoms with E-state index in [2.05, 4.69) is 6.58 Å². The summed E-state index contributed by atoms with van der Waals surface area (Å²) in [4.78, 5) is 0. The molecular formula is C14H12FN3O. The first-order valence-electron chi connectivity index (χ1n) is 5.59. The van der Waals surface area contributed by atoms with Crippen LogP contribution in [0.2, 0.25) is 0 Å². The number of hydrogen-bond acceptors (Lipinski definition) is 3. The second-order valence-corrected chi connectivity index (χ2v) is 3.86. The van der Waals surface area contributed by atoms with E-state index >= 15 is 0 Å². The van der Waals surface area contributed by atoms with Gasteiger partial charge in [-0.1, -0.05) is 6.08 Å². The Labute approximate surface area is 110 Å². The molecule has 19 heavy (non-hydrogen) atoms. The number of anilines is 1. The molecule has 1 aromatic heterocycles. The first kappa shape index (κ1) is 12.7. The van der Waals surface area contributed by atoms with Crippen LogP contribution in [0.3, 0.4) is 0 Å². The van der Waals surface area contributed by atoms with Gasteiger partial charge in [0, 0.05) is 12.6 Å². The number of nitrogens with two attached hydrogens (primary N) is 1. The van der Waals surface area contributed by atoms with Gasteiger partial charge in [0.05, 0.1) is 5.69 Å². The maximum absolute atomic E-state index is 12.8. The van der Waals surface area contributed by atoms with Crippen LogP contribution in [0, 0.1) is 17.1 Å². The Balaban J connectivity index is 2.39. The summed E-state index contributed by atoms with van der Waals surface area (Å²) < 4.78 is 20.0. The van der Waals surface area contributed by atoms with Crippen molar-refractivity contribution in [1.29, 1.82) is 5.26 Å². The maximum Gasteiger partial charge on any atom is 0.224 e. The zero-order valence-corrected chi connectivity index (χ0v) is 10.1. The van der Waals surface area contributed by atoms with Gasteiger partial charge in [-0.15, -0.1) is 6.58 Å². The lowest BCUT2D eigenvalue weighted by Gasteiger charge is -2.10. The molecule has 2 rings (SSSR count). The van der Waals surface area contributed by atoms with Crippen molar-refractivity contribution in [2.45, 2.75) is 6.54 Å². The van der Waals surface area contributed by atoms with Crippen LogP contribution in [0.25, 0.3) is 0 Å². The number of aromatic nitrogens is 1. The molecule has 0 aliphatic heterocycles. The number of allylic oxidation sites excluding steroid dienone is 1. The Hall–Kier alpha value is -2.74. The standard InChI is InChI=1S/C14H12FN3O/c1-2-7-18-11(9-16)8-13(17)14(18)19-12-5-3-10(15)4-6-12/h2-6,8H,1,7,17H2. The Morgan fingerprint density at radius 1 is 1.42 bits per heavy atom. The first-order chi connectivity index (χ1) is 9.15. The lowest BCUT2D eigenvalue weighted by Crippen LogP contribution is -2.02. The highest BCUT2D eigenvalue weighted by atomic mass is 19.1. The Morgan fingerprint density at radius 3 is 2.68 bits per heavy atom. The van der Waals surface area contributed by atoms with Crippen molar-refractivity contribution in [2.24, 2.45) is 0 Å². The summed E-state index contributed by atoms with van der Waals surface area (Å²) in [6.07, 6.45) is 1.64. The molecule has 0 bridgehead atoms. The van der Waals surface area contributed by atoms with Crippen molar-refractivity contribution in [2.75, 3.05) is 5.73 Å². The smallest absolute Gasteiger partial charge is 0.224 e. The van der Waals surface area contributed by atoms with Crippen LogP contribution in [0.4, 0.5) is 10.1 Å². The van der Waals surface area contributed by atoms with Crippen molar-refractivity contribution in [3.05, 3.63) is 54.5 Å². The molecule has 0 aliphatic rings. The third-order valence-corrected chi connectivity index (χ3v) is 2.53. The number of nitriles is 1. The van der Waals surface area contributed by atoms with E-state index in [4.69, 9.17) is 15.7 Å². The molecule has 0 amide bonds. The molecule has 1 aromatic carbocycles. The van der Waals surface area contributed by atoms with E-state index in [0.29, 0.717) is 29.6 Å². The predicted octanol–water partition coefficient (Wildman–Crippen LogP) is 3.06. The highest BCUT2D eigenvalue weighted by Crippen LogP contribution is 2.31. The molecule has 0 aliphatic carbocycles. The molecule has 0 saturated carbocycles. The highest BCUT2D eigenvalue weighted by Gasteiger charge is 2.14. The minimum Gasteiger partial charge on any atom is -0.439 e. The van der Waals surface area contributed by atoms with Gasteiger partial charge < -0.3 is 10.5 Å². The normalized spacial score (nSPS) is 9.89. The van der Waals surface area contributed by atoms with Crippen LogP contribution in [0.1, 0.15) is 5.69 Å². The van der Waals surface area contributed by atoms with Crippen molar-refractivity contribution >= 4 is 5.69 Å². The Kier molecular flexibility index (Phi) is 3.53. The molecule has 4 nitrogen and oxygen atoms in total. The average Bonchev–Trinajstić information content (AvgIpc) is 2.70. The van der Waals surface area contributed by atoms with Crippen LogP contribution >= 0.6 is 0 Å². The van der Waals surface area contributed by atoms with Crippen molar-refractivity contribution < 1.29 is 9.13 Å². The molecule has 0 spiro atoms. The topological polar surface area (TPSA) is 64.0 Å². The van der Waals surface area contributed by atoms with Gasteiger partial charge >= 0.3 is 0 Å². The zero-order valence-electron chi connectivity index (χ0n) is 10.1. The molecule has 0 atom stereocenters. The van der Waals surface area contributed by atoms with Crippen molar-refractivity contribution in [1.82, 2.24) is 4.57 Å². The summed E-state index contributed by atoms with van der Waals surface area (Å²) in [5, 5.41) is 9.02. The molecule has 0 saturated heterocycles. The summed E-state index contributed by atoms with van der Waals surface area (Å²) in [6.45, 7) is 4.02.